The van der Waals surface area contributed by atoms with Crippen LogP contribution in [0.25, 0.3) is 0 Å². The van der Waals surface area contributed by atoms with E-state index in [0.717, 1.165) is 36.8 Å². The first-order chi connectivity index (χ1) is 14.5. The lowest BCUT2D eigenvalue weighted by Gasteiger charge is -2.34. The van der Waals surface area contributed by atoms with E-state index >= 15 is 0 Å². The van der Waals surface area contributed by atoms with Crippen molar-refractivity contribution in [1.82, 2.24) is 10.2 Å². The number of carbonyl (C=O) groups excluding carboxylic acids is 1. The molecule has 30 heavy (non-hydrogen) atoms. The Morgan fingerprint density at radius 1 is 0.900 bits per heavy atom. The molecule has 2 aromatic rings. The zero-order chi connectivity index (χ0) is 21.0. The Balaban J connectivity index is 1.52. The van der Waals surface area contributed by atoms with Crippen molar-refractivity contribution in [2.24, 2.45) is 0 Å². The van der Waals surface area contributed by atoms with E-state index in [0.29, 0.717) is 6.42 Å². The molecule has 4 rings (SSSR count). The monoisotopic (exact) mass is 426 g/mol. The van der Waals surface area contributed by atoms with Gasteiger partial charge in [-0.2, -0.15) is 0 Å². The first-order valence-corrected chi connectivity index (χ1v) is 12.7. The summed E-state index contributed by atoms with van der Waals surface area (Å²) in [6.07, 6.45) is 4.73. The molecule has 1 saturated heterocycles. The summed E-state index contributed by atoms with van der Waals surface area (Å²) in [5, 5.41) is 3.46. The van der Waals surface area contributed by atoms with E-state index in [-0.39, 0.29) is 42.1 Å². The van der Waals surface area contributed by atoms with E-state index in [1.807, 2.05) is 41.3 Å². The number of hydrogen-bond donors (Lipinski definition) is 1. The SMILES string of the molecule is O=C(CNC(c1ccccc1)c1ccccc1)N(C1CCCC1)[C@@H]1CCS(=O)(=O)C1. The fraction of sp³-hybridized carbons (Fsp3) is 0.458. The van der Waals surface area contributed by atoms with Crippen LogP contribution in [0.2, 0.25) is 0 Å². The molecular weight excluding hydrogens is 396 g/mol. The molecule has 2 aromatic carbocycles. The number of rotatable bonds is 7. The number of benzene rings is 2. The predicted molar refractivity (Wildman–Crippen MR) is 119 cm³/mol. The normalized spacial score (nSPS) is 21.2. The maximum absolute atomic E-state index is 13.4. The summed E-state index contributed by atoms with van der Waals surface area (Å²) in [6.45, 7) is 0.196. The number of nitrogens with one attached hydrogen (secondary N) is 1. The van der Waals surface area contributed by atoms with Gasteiger partial charge in [0.05, 0.1) is 24.1 Å². The van der Waals surface area contributed by atoms with Crippen molar-refractivity contribution in [2.75, 3.05) is 18.1 Å². The van der Waals surface area contributed by atoms with Crippen LogP contribution in [0, 0.1) is 0 Å². The van der Waals surface area contributed by atoms with Crippen molar-refractivity contribution in [1.29, 1.82) is 0 Å². The molecule has 1 atom stereocenters. The summed E-state index contributed by atoms with van der Waals surface area (Å²) < 4.78 is 24.1. The zero-order valence-electron chi connectivity index (χ0n) is 17.2. The van der Waals surface area contributed by atoms with E-state index in [9.17, 15) is 13.2 Å². The summed E-state index contributed by atoms with van der Waals surface area (Å²) in [4.78, 5) is 15.3. The molecule has 1 N–H and O–H groups in total. The minimum atomic E-state index is -3.04. The molecule has 1 aliphatic heterocycles. The standard InChI is InChI=1S/C24H30N2O3S/c27-23(26(21-13-7-8-14-21)22-15-16-30(28,29)18-22)17-25-24(19-9-3-1-4-10-19)20-11-5-2-6-12-20/h1-6,9-12,21-22,24-25H,7-8,13-18H2/t22-/m1/s1. The summed E-state index contributed by atoms with van der Waals surface area (Å²) in [5.41, 5.74) is 2.21. The van der Waals surface area contributed by atoms with Crippen molar-refractivity contribution >= 4 is 15.7 Å². The highest BCUT2D eigenvalue weighted by Crippen LogP contribution is 2.29. The number of nitrogens with zero attached hydrogens (tertiary/aromatic N) is 1. The predicted octanol–water partition coefficient (Wildman–Crippen LogP) is 3.32. The molecule has 2 aliphatic rings. The number of carbonyl (C=O) groups is 1. The summed E-state index contributed by atoms with van der Waals surface area (Å²) in [7, 11) is -3.04. The van der Waals surface area contributed by atoms with Gasteiger partial charge in [0.15, 0.2) is 9.84 Å². The van der Waals surface area contributed by atoms with Gasteiger partial charge in [0.1, 0.15) is 0 Å². The first kappa shape index (κ1) is 21.1. The summed E-state index contributed by atoms with van der Waals surface area (Å²) in [5.74, 6) is 0.315. The molecule has 0 unspecified atom stereocenters. The van der Waals surface area contributed by atoms with E-state index in [1.165, 1.54) is 0 Å². The second-order valence-electron chi connectivity index (χ2n) is 8.43. The molecule has 1 saturated carbocycles. The molecule has 2 fully saturated rings. The van der Waals surface area contributed by atoms with Gasteiger partial charge >= 0.3 is 0 Å². The average molecular weight is 427 g/mol. The van der Waals surface area contributed by atoms with Crippen LogP contribution in [-0.2, 0) is 14.6 Å². The zero-order valence-corrected chi connectivity index (χ0v) is 18.1. The van der Waals surface area contributed by atoms with Crippen LogP contribution in [0.1, 0.15) is 49.3 Å². The molecule has 0 bridgehead atoms. The molecule has 0 radical (unpaired) electrons. The number of sulfone groups is 1. The van der Waals surface area contributed by atoms with Gasteiger partial charge in [-0.05, 0) is 30.4 Å². The summed E-state index contributed by atoms with van der Waals surface area (Å²) in [6, 6.07) is 20.1. The van der Waals surface area contributed by atoms with Crippen molar-refractivity contribution in [2.45, 2.75) is 50.2 Å². The quantitative estimate of drug-likeness (QED) is 0.738. The Hall–Kier alpha value is -2.18. The highest BCUT2D eigenvalue weighted by atomic mass is 32.2. The summed E-state index contributed by atoms with van der Waals surface area (Å²) >= 11 is 0. The topological polar surface area (TPSA) is 66.5 Å². The third-order valence-electron chi connectivity index (χ3n) is 6.33. The molecule has 1 amide bonds. The molecule has 1 heterocycles. The van der Waals surface area contributed by atoms with E-state index in [4.69, 9.17) is 0 Å². The van der Waals surface area contributed by atoms with Crippen LogP contribution in [0.3, 0.4) is 0 Å². The Labute approximate surface area is 179 Å². The smallest absolute Gasteiger partial charge is 0.237 e. The van der Waals surface area contributed by atoms with Crippen LogP contribution in [-0.4, -0.2) is 49.4 Å². The molecule has 6 heteroatoms. The minimum Gasteiger partial charge on any atom is -0.335 e. The van der Waals surface area contributed by atoms with Crippen molar-refractivity contribution in [3.63, 3.8) is 0 Å². The first-order valence-electron chi connectivity index (χ1n) is 10.9. The van der Waals surface area contributed by atoms with Crippen LogP contribution in [0.4, 0.5) is 0 Å². The maximum Gasteiger partial charge on any atom is 0.237 e. The maximum atomic E-state index is 13.4. The molecular formula is C24H30N2O3S. The van der Waals surface area contributed by atoms with Gasteiger partial charge in [0, 0.05) is 12.1 Å². The molecule has 5 nitrogen and oxygen atoms in total. The number of hydrogen-bond acceptors (Lipinski definition) is 4. The van der Waals surface area contributed by atoms with E-state index < -0.39 is 9.84 Å². The Bertz CT molecular complexity index is 901. The van der Waals surface area contributed by atoms with Gasteiger partial charge in [-0.1, -0.05) is 73.5 Å². The minimum absolute atomic E-state index is 0.0147. The van der Waals surface area contributed by atoms with Gasteiger partial charge in [0.2, 0.25) is 5.91 Å². The Kier molecular flexibility index (Phi) is 6.54. The van der Waals surface area contributed by atoms with Crippen molar-refractivity contribution in [3.8, 4) is 0 Å². The van der Waals surface area contributed by atoms with Crippen molar-refractivity contribution < 1.29 is 13.2 Å². The lowest BCUT2D eigenvalue weighted by atomic mass is 9.98. The molecule has 160 valence electrons. The highest BCUT2D eigenvalue weighted by molar-refractivity contribution is 7.91. The third-order valence-corrected chi connectivity index (χ3v) is 8.08. The third kappa shape index (κ3) is 4.93. The largest absolute Gasteiger partial charge is 0.335 e. The van der Waals surface area contributed by atoms with Crippen molar-refractivity contribution in [3.05, 3.63) is 71.8 Å². The Morgan fingerprint density at radius 2 is 1.47 bits per heavy atom. The van der Waals surface area contributed by atoms with Gasteiger partial charge < -0.3 is 4.90 Å². The van der Waals surface area contributed by atoms with Gasteiger partial charge in [-0.3, -0.25) is 10.1 Å². The highest BCUT2D eigenvalue weighted by Gasteiger charge is 2.38. The fourth-order valence-electron chi connectivity index (χ4n) is 4.88. The Morgan fingerprint density at radius 3 is 1.97 bits per heavy atom. The lowest BCUT2D eigenvalue weighted by molar-refractivity contribution is -0.134. The lowest BCUT2D eigenvalue weighted by Crippen LogP contribution is -2.50. The average Bonchev–Trinajstić information content (AvgIpc) is 3.40. The van der Waals surface area contributed by atoms with Gasteiger partial charge in [0.25, 0.3) is 0 Å². The fourth-order valence-corrected chi connectivity index (χ4v) is 6.59. The molecule has 1 aliphatic carbocycles. The molecule has 0 spiro atoms. The van der Waals surface area contributed by atoms with Gasteiger partial charge in [-0.15, -0.1) is 0 Å². The van der Waals surface area contributed by atoms with Crippen LogP contribution in [0.5, 0.6) is 0 Å². The van der Waals surface area contributed by atoms with Crippen LogP contribution < -0.4 is 5.32 Å². The van der Waals surface area contributed by atoms with Crippen LogP contribution in [0.15, 0.2) is 60.7 Å². The number of amides is 1. The van der Waals surface area contributed by atoms with Crippen LogP contribution >= 0.6 is 0 Å². The molecule has 0 aromatic heterocycles. The second kappa shape index (κ2) is 9.31. The van der Waals surface area contributed by atoms with E-state index in [2.05, 4.69) is 29.6 Å². The second-order valence-corrected chi connectivity index (χ2v) is 10.7. The van der Waals surface area contributed by atoms with E-state index in [1.54, 1.807) is 0 Å². The van der Waals surface area contributed by atoms with Gasteiger partial charge in [-0.25, -0.2) is 8.42 Å².